The van der Waals surface area contributed by atoms with Gasteiger partial charge in [0, 0.05) is 67.7 Å². The van der Waals surface area contributed by atoms with Crippen LogP contribution in [0.15, 0.2) is 43.1 Å². The average molecular weight is 527 g/mol. The van der Waals surface area contributed by atoms with Crippen molar-refractivity contribution in [3.05, 3.63) is 65.3 Å². The third kappa shape index (κ3) is 4.52. The summed E-state index contributed by atoms with van der Waals surface area (Å²) >= 11 is 6.04. The first-order chi connectivity index (χ1) is 18.0. The Bertz CT molecular complexity index is 1400. The number of hydrogen-bond donors (Lipinski definition) is 2. The number of piperazine rings is 1. The molecule has 3 atom stereocenters. The van der Waals surface area contributed by atoms with Gasteiger partial charge in [-0.25, -0.2) is 18.7 Å². The fourth-order valence-corrected chi connectivity index (χ4v) is 6.11. The number of aromatic nitrogens is 5. The molecule has 11 heteroatoms. The molecule has 4 aromatic rings. The van der Waals surface area contributed by atoms with E-state index in [9.17, 15) is 8.78 Å². The molecule has 1 aliphatic heterocycles. The maximum atomic E-state index is 14.2. The number of benzene rings is 1. The summed E-state index contributed by atoms with van der Waals surface area (Å²) in [5, 5.41) is 5.56. The van der Waals surface area contributed by atoms with E-state index in [1.54, 1.807) is 6.33 Å². The van der Waals surface area contributed by atoms with Crippen molar-refractivity contribution in [2.24, 2.45) is 11.7 Å². The average Bonchev–Trinajstić information content (AvgIpc) is 3.58. The highest BCUT2D eigenvalue weighted by molar-refractivity contribution is 6.31. The molecule has 0 radical (unpaired) electrons. The minimum absolute atomic E-state index is 0.120. The number of hydrogen-bond acceptors (Lipinski definition) is 6. The van der Waals surface area contributed by atoms with E-state index in [4.69, 9.17) is 22.4 Å². The quantitative estimate of drug-likeness (QED) is 0.355. The van der Waals surface area contributed by atoms with Crippen LogP contribution in [0, 0.1) is 17.6 Å². The molecule has 3 N–H and O–H groups in total. The Labute approximate surface area is 218 Å². The summed E-state index contributed by atoms with van der Waals surface area (Å²) in [5.74, 6) is -0.644. The highest BCUT2D eigenvalue weighted by Gasteiger charge is 2.45. The van der Waals surface area contributed by atoms with Gasteiger partial charge in [0.25, 0.3) is 0 Å². The van der Waals surface area contributed by atoms with Crippen molar-refractivity contribution in [2.75, 3.05) is 32.7 Å². The second-order valence-corrected chi connectivity index (χ2v) is 10.3. The van der Waals surface area contributed by atoms with Gasteiger partial charge in [0.2, 0.25) is 0 Å². The second-order valence-electron chi connectivity index (χ2n) is 9.92. The lowest BCUT2D eigenvalue weighted by Gasteiger charge is -2.52. The minimum atomic E-state index is -0.583. The SMILES string of the molecule is NCCC1C(N2CCN(Cc3c(F)ccc(F)c3Cl)CC2)CC1n1cc(-c2ncnc3[nH]ccc23)cn1. The van der Waals surface area contributed by atoms with E-state index in [1.165, 1.54) is 0 Å². The first-order valence-corrected chi connectivity index (χ1v) is 13.0. The van der Waals surface area contributed by atoms with Gasteiger partial charge < -0.3 is 10.7 Å². The minimum Gasteiger partial charge on any atom is -0.346 e. The van der Waals surface area contributed by atoms with E-state index < -0.39 is 11.6 Å². The van der Waals surface area contributed by atoms with Crippen LogP contribution in [0.4, 0.5) is 8.78 Å². The van der Waals surface area contributed by atoms with Crippen LogP contribution < -0.4 is 5.73 Å². The lowest BCUT2D eigenvalue weighted by molar-refractivity contribution is -0.0237. The molecule has 1 aromatic carbocycles. The zero-order valence-corrected chi connectivity index (χ0v) is 21.1. The lowest BCUT2D eigenvalue weighted by atomic mass is 9.71. The maximum Gasteiger partial charge on any atom is 0.142 e. The molecule has 194 valence electrons. The summed E-state index contributed by atoms with van der Waals surface area (Å²) in [6.45, 7) is 4.21. The molecule has 3 aromatic heterocycles. The van der Waals surface area contributed by atoms with Gasteiger partial charge in [-0.3, -0.25) is 14.5 Å². The summed E-state index contributed by atoms with van der Waals surface area (Å²) in [7, 11) is 0. The fourth-order valence-electron chi connectivity index (χ4n) is 5.89. The molecule has 2 fully saturated rings. The number of nitrogens with zero attached hydrogens (tertiary/aromatic N) is 6. The summed E-state index contributed by atoms with van der Waals surface area (Å²) in [5.41, 5.74) is 8.89. The van der Waals surface area contributed by atoms with Crippen LogP contribution in [0.25, 0.3) is 22.3 Å². The standard InChI is InChI=1S/C26H29ClF2N8/c27-24-19(20(28)1-2-21(24)29)14-35-7-9-36(10-8-35)22-11-23(17(22)3-5-30)37-13-16(12-34-37)25-18-4-6-31-26(18)33-15-32-25/h1-2,4,6,12-13,15,17,22-23H,3,5,7-11,14,30H2,(H,31,32,33). The summed E-state index contributed by atoms with van der Waals surface area (Å²) < 4.78 is 30.1. The topological polar surface area (TPSA) is 91.9 Å². The lowest BCUT2D eigenvalue weighted by Crippen LogP contribution is -2.58. The third-order valence-corrected chi connectivity index (χ3v) is 8.35. The molecule has 1 saturated carbocycles. The molecular formula is C26H29ClF2N8. The van der Waals surface area contributed by atoms with Gasteiger partial charge in [0.15, 0.2) is 0 Å². The van der Waals surface area contributed by atoms with E-state index in [-0.39, 0.29) is 16.6 Å². The smallest absolute Gasteiger partial charge is 0.142 e. The number of nitrogens with one attached hydrogen (secondary N) is 1. The van der Waals surface area contributed by atoms with Crippen LogP contribution in [0.2, 0.25) is 5.02 Å². The second kappa shape index (κ2) is 10.1. The number of rotatable bonds is 7. The van der Waals surface area contributed by atoms with Crippen LogP contribution in [0.5, 0.6) is 0 Å². The molecule has 4 heterocycles. The Kier molecular flexibility index (Phi) is 6.66. The summed E-state index contributed by atoms with van der Waals surface area (Å²) in [6, 6.07) is 4.90. The van der Waals surface area contributed by atoms with Crippen molar-refractivity contribution in [3.63, 3.8) is 0 Å². The zero-order chi connectivity index (χ0) is 25.5. The highest BCUT2D eigenvalue weighted by atomic mass is 35.5. The molecule has 0 spiro atoms. The van der Waals surface area contributed by atoms with E-state index >= 15 is 0 Å². The molecule has 37 heavy (non-hydrogen) atoms. The molecule has 1 aliphatic carbocycles. The van der Waals surface area contributed by atoms with E-state index in [0.29, 0.717) is 25.0 Å². The Hall–Kier alpha value is -2.92. The first-order valence-electron chi connectivity index (χ1n) is 12.6. The Morgan fingerprint density at radius 2 is 1.86 bits per heavy atom. The van der Waals surface area contributed by atoms with E-state index in [2.05, 4.69) is 35.6 Å². The molecule has 6 rings (SSSR count). The van der Waals surface area contributed by atoms with Crippen molar-refractivity contribution < 1.29 is 8.78 Å². The van der Waals surface area contributed by atoms with Crippen LogP contribution in [-0.2, 0) is 6.54 Å². The monoisotopic (exact) mass is 526 g/mol. The van der Waals surface area contributed by atoms with Crippen molar-refractivity contribution in [2.45, 2.75) is 31.5 Å². The van der Waals surface area contributed by atoms with Gasteiger partial charge in [-0.15, -0.1) is 0 Å². The number of nitrogens with two attached hydrogens (primary N) is 1. The van der Waals surface area contributed by atoms with Crippen molar-refractivity contribution >= 4 is 22.6 Å². The van der Waals surface area contributed by atoms with Crippen LogP contribution >= 0.6 is 11.6 Å². The van der Waals surface area contributed by atoms with Crippen molar-refractivity contribution in [1.82, 2.24) is 34.5 Å². The van der Waals surface area contributed by atoms with Crippen molar-refractivity contribution in [1.29, 1.82) is 0 Å². The largest absolute Gasteiger partial charge is 0.346 e. The zero-order valence-electron chi connectivity index (χ0n) is 20.3. The van der Waals surface area contributed by atoms with Gasteiger partial charge in [-0.1, -0.05) is 11.6 Å². The Morgan fingerprint density at radius 1 is 1.05 bits per heavy atom. The molecule has 3 unspecified atom stereocenters. The fraction of sp³-hybridized carbons (Fsp3) is 0.423. The number of aromatic amines is 1. The predicted molar refractivity (Wildman–Crippen MR) is 138 cm³/mol. The van der Waals surface area contributed by atoms with Gasteiger partial charge in [0.05, 0.1) is 23.0 Å². The third-order valence-electron chi connectivity index (χ3n) is 7.94. The normalized spacial score (nSPS) is 23.0. The van der Waals surface area contributed by atoms with Crippen LogP contribution in [-0.4, -0.2) is 73.3 Å². The van der Waals surface area contributed by atoms with Crippen molar-refractivity contribution in [3.8, 4) is 11.3 Å². The molecule has 8 nitrogen and oxygen atoms in total. The molecule has 2 aliphatic rings. The number of H-pyrrole nitrogens is 1. The summed E-state index contributed by atoms with van der Waals surface area (Å²) in [4.78, 5) is 16.5. The molecule has 0 amide bonds. The van der Waals surface area contributed by atoms with E-state index in [1.807, 2.05) is 18.5 Å². The summed E-state index contributed by atoms with van der Waals surface area (Å²) in [6.07, 6.45) is 9.30. The Balaban J connectivity index is 1.11. The van der Waals surface area contributed by atoms with Crippen LogP contribution in [0.1, 0.15) is 24.4 Å². The van der Waals surface area contributed by atoms with Gasteiger partial charge in [0.1, 0.15) is 23.6 Å². The first kappa shape index (κ1) is 24.4. The molecular weight excluding hydrogens is 498 g/mol. The van der Waals surface area contributed by atoms with Gasteiger partial charge in [-0.05, 0) is 43.5 Å². The Morgan fingerprint density at radius 3 is 2.68 bits per heavy atom. The maximum absolute atomic E-state index is 14.2. The highest BCUT2D eigenvalue weighted by Crippen LogP contribution is 2.44. The van der Waals surface area contributed by atoms with Crippen LogP contribution in [0.3, 0.4) is 0 Å². The van der Waals surface area contributed by atoms with Gasteiger partial charge >= 0.3 is 0 Å². The van der Waals surface area contributed by atoms with E-state index in [0.717, 1.165) is 73.4 Å². The molecule has 0 bridgehead atoms. The predicted octanol–water partition coefficient (Wildman–Crippen LogP) is 3.85. The number of halogens is 3. The molecule has 1 saturated heterocycles. The number of fused-ring (bicyclic) bond motifs is 1. The van der Waals surface area contributed by atoms with Gasteiger partial charge in [-0.2, -0.15) is 5.10 Å².